The number of rotatable bonds is 4. The molecule has 4 heteroatoms. The van der Waals surface area contributed by atoms with Gasteiger partial charge in [0.05, 0.1) is 6.16 Å². The summed E-state index contributed by atoms with van der Waals surface area (Å²) in [5, 5.41) is 0. The first-order valence-electron chi connectivity index (χ1n) is 4.16. The van der Waals surface area contributed by atoms with Gasteiger partial charge in [0.1, 0.15) is 0 Å². The Labute approximate surface area is 83.6 Å². The van der Waals surface area contributed by atoms with Crippen LogP contribution in [0.25, 0.3) is 6.08 Å². The van der Waals surface area contributed by atoms with Crippen LogP contribution < -0.4 is 0 Å². The lowest BCUT2D eigenvalue weighted by atomic mass is 10.1. The third-order valence-electron chi connectivity index (χ3n) is 1.88. The first-order valence-corrected chi connectivity index (χ1v) is 5.92. The molecule has 1 aromatic carbocycles. The topological polar surface area (TPSA) is 46.5 Å². The van der Waals surface area contributed by atoms with Crippen molar-refractivity contribution in [3.8, 4) is 0 Å². The van der Waals surface area contributed by atoms with Crippen LogP contribution in [0.5, 0.6) is 0 Å². The lowest BCUT2D eigenvalue weighted by Crippen LogP contribution is -1.89. The van der Waals surface area contributed by atoms with Crippen molar-refractivity contribution < 1.29 is 14.0 Å². The molecule has 14 heavy (non-hydrogen) atoms. The van der Waals surface area contributed by atoms with Crippen LogP contribution in [-0.2, 0) is 15.3 Å². The van der Waals surface area contributed by atoms with Gasteiger partial charge in [0.15, 0.2) is 0 Å². The molecule has 0 aliphatic carbocycles. The van der Waals surface area contributed by atoms with Crippen molar-refractivity contribution >= 4 is 13.7 Å². The zero-order valence-electron chi connectivity index (χ0n) is 8.01. The molecular formula is C10H13O3P. The van der Waals surface area contributed by atoms with Gasteiger partial charge in [-0.2, -0.15) is 0 Å². The van der Waals surface area contributed by atoms with Crippen molar-refractivity contribution in [2.24, 2.45) is 0 Å². The average Bonchev–Trinajstić information content (AvgIpc) is 2.19. The van der Waals surface area contributed by atoms with Gasteiger partial charge in [-0.25, -0.2) is 0 Å². The molecule has 0 saturated heterocycles. The normalized spacial score (nSPS) is 14.7. The molecule has 0 aromatic heterocycles. The summed E-state index contributed by atoms with van der Waals surface area (Å²) in [4.78, 5) is 9.22. The molecule has 1 N–H and O–H groups in total. The van der Waals surface area contributed by atoms with Crippen LogP contribution in [0.1, 0.15) is 11.1 Å². The molecule has 0 saturated carbocycles. The van der Waals surface area contributed by atoms with Crippen molar-refractivity contribution in [3.05, 3.63) is 42.0 Å². The molecule has 0 amide bonds. The van der Waals surface area contributed by atoms with Gasteiger partial charge in [0, 0.05) is 7.11 Å². The summed E-state index contributed by atoms with van der Waals surface area (Å²) < 4.78 is 15.7. The molecule has 3 nitrogen and oxygen atoms in total. The summed E-state index contributed by atoms with van der Waals surface area (Å²) in [7, 11) is -2.21. The van der Waals surface area contributed by atoms with E-state index in [4.69, 9.17) is 0 Å². The molecule has 0 spiro atoms. The quantitative estimate of drug-likeness (QED) is 0.780. The van der Waals surface area contributed by atoms with E-state index in [-0.39, 0.29) is 6.16 Å². The number of hydrogen-bond donors (Lipinski definition) is 1. The van der Waals surface area contributed by atoms with Gasteiger partial charge in [0.25, 0.3) is 0 Å². The SMILES string of the molecule is C=Cc1ccc(CP(=O)(O)OC)cc1. The maximum Gasteiger partial charge on any atom is 0.332 e. The Hall–Kier alpha value is -0.890. The Morgan fingerprint density at radius 2 is 2.07 bits per heavy atom. The van der Waals surface area contributed by atoms with Crippen LogP contribution in [0.3, 0.4) is 0 Å². The second-order valence-electron chi connectivity index (χ2n) is 2.92. The molecule has 0 aliphatic rings. The van der Waals surface area contributed by atoms with Crippen LogP contribution >= 0.6 is 7.60 Å². The zero-order chi connectivity index (χ0) is 10.6. The highest BCUT2D eigenvalue weighted by Gasteiger charge is 2.17. The van der Waals surface area contributed by atoms with Gasteiger partial charge in [0.2, 0.25) is 0 Å². The van der Waals surface area contributed by atoms with Crippen LogP contribution in [0.2, 0.25) is 0 Å². The fourth-order valence-electron chi connectivity index (χ4n) is 1.05. The highest BCUT2D eigenvalue weighted by Crippen LogP contribution is 2.44. The summed E-state index contributed by atoms with van der Waals surface area (Å²) in [6.07, 6.45) is 1.76. The van der Waals surface area contributed by atoms with Gasteiger partial charge < -0.3 is 9.42 Å². The van der Waals surface area contributed by atoms with Crippen molar-refractivity contribution in [2.45, 2.75) is 6.16 Å². The molecule has 0 bridgehead atoms. The van der Waals surface area contributed by atoms with E-state index in [1.54, 1.807) is 18.2 Å². The van der Waals surface area contributed by atoms with Gasteiger partial charge in [-0.15, -0.1) is 0 Å². The Bertz CT molecular complexity index is 356. The first kappa shape index (κ1) is 11.2. The van der Waals surface area contributed by atoms with Crippen LogP contribution in [-0.4, -0.2) is 12.0 Å². The van der Waals surface area contributed by atoms with Crippen LogP contribution in [0.4, 0.5) is 0 Å². The van der Waals surface area contributed by atoms with Crippen LogP contribution in [0.15, 0.2) is 30.8 Å². The summed E-state index contributed by atoms with van der Waals surface area (Å²) in [6.45, 7) is 3.62. The highest BCUT2D eigenvalue weighted by atomic mass is 31.2. The Morgan fingerprint density at radius 1 is 1.50 bits per heavy atom. The molecule has 0 heterocycles. The maximum absolute atomic E-state index is 11.2. The van der Waals surface area contributed by atoms with E-state index in [0.717, 1.165) is 11.1 Å². The fourth-order valence-corrected chi connectivity index (χ4v) is 1.86. The maximum atomic E-state index is 11.2. The van der Waals surface area contributed by atoms with E-state index in [1.165, 1.54) is 7.11 Å². The Kier molecular flexibility index (Phi) is 3.64. The summed E-state index contributed by atoms with van der Waals surface area (Å²) in [5.41, 5.74) is 1.77. The average molecular weight is 212 g/mol. The minimum absolute atomic E-state index is 0.0426. The standard InChI is InChI=1S/C10H13O3P/c1-3-9-4-6-10(7-5-9)8-14(11,12)13-2/h3-7H,1,8H2,2H3,(H,11,12). The summed E-state index contributed by atoms with van der Waals surface area (Å²) in [5.74, 6) is 0. The third kappa shape index (κ3) is 3.11. The number of benzene rings is 1. The number of hydrogen-bond acceptors (Lipinski definition) is 2. The monoisotopic (exact) mass is 212 g/mol. The molecule has 1 unspecified atom stereocenters. The van der Waals surface area contributed by atoms with Gasteiger partial charge in [-0.3, -0.25) is 4.57 Å². The third-order valence-corrected chi connectivity index (χ3v) is 3.22. The second-order valence-corrected chi connectivity index (χ2v) is 4.88. The van der Waals surface area contributed by atoms with Gasteiger partial charge in [-0.05, 0) is 11.1 Å². The van der Waals surface area contributed by atoms with Gasteiger partial charge >= 0.3 is 7.60 Å². The van der Waals surface area contributed by atoms with E-state index in [2.05, 4.69) is 11.1 Å². The molecule has 1 atom stereocenters. The predicted octanol–water partition coefficient (Wildman–Crippen LogP) is 2.66. The van der Waals surface area contributed by atoms with E-state index in [1.807, 2.05) is 12.1 Å². The minimum atomic E-state index is -3.44. The minimum Gasteiger partial charge on any atom is -0.324 e. The van der Waals surface area contributed by atoms with Crippen molar-refractivity contribution in [1.29, 1.82) is 0 Å². The molecule has 1 rings (SSSR count). The van der Waals surface area contributed by atoms with E-state index >= 15 is 0 Å². The zero-order valence-corrected chi connectivity index (χ0v) is 8.91. The van der Waals surface area contributed by atoms with Crippen molar-refractivity contribution in [3.63, 3.8) is 0 Å². The molecule has 0 radical (unpaired) electrons. The highest BCUT2D eigenvalue weighted by molar-refractivity contribution is 7.51. The van der Waals surface area contributed by atoms with E-state index in [0.29, 0.717) is 0 Å². The van der Waals surface area contributed by atoms with E-state index < -0.39 is 7.60 Å². The summed E-state index contributed by atoms with van der Waals surface area (Å²) in [6, 6.07) is 7.27. The molecule has 1 aromatic rings. The Morgan fingerprint density at radius 3 is 2.50 bits per heavy atom. The molecule has 0 aliphatic heterocycles. The fraction of sp³-hybridized carbons (Fsp3) is 0.200. The molecule has 0 fully saturated rings. The first-order chi connectivity index (χ1) is 6.57. The largest absolute Gasteiger partial charge is 0.332 e. The molecule has 76 valence electrons. The van der Waals surface area contributed by atoms with Crippen molar-refractivity contribution in [2.75, 3.05) is 7.11 Å². The Balaban J connectivity index is 2.78. The lowest BCUT2D eigenvalue weighted by molar-refractivity contribution is 0.314. The smallest absolute Gasteiger partial charge is 0.324 e. The van der Waals surface area contributed by atoms with Crippen molar-refractivity contribution in [1.82, 2.24) is 0 Å². The second kappa shape index (κ2) is 4.56. The summed E-state index contributed by atoms with van der Waals surface area (Å²) >= 11 is 0. The molecular weight excluding hydrogens is 199 g/mol. The van der Waals surface area contributed by atoms with Crippen LogP contribution in [0, 0.1) is 0 Å². The van der Waals surface area contributed by atoms with E-state index in [9.17, 15) is 9.46 Å². The van der Waals surface area contributed by atoms with Gasteiger partial charge in [-0.1, -0.05) is 36.9 Å². The predicted molar refractivity (Wildman–Crippen MR) is 57.1 cm³/mol. The lowest BCUT2D eigenvalue weighted by Gasteiger charge is -2.08.